The number of amides is 2. The fourth-order valence-electron chi connectivity index (χ4n) is 0.950. The molecule has 0 radical (unpaired) electrons. The summed E-state index contributed by atoms with van der Waals surface area (Å²) in [5, 5.41) is 0. The summed E-state index contributed by atoms with van der Waals surface area (Å²) in [6, 6.07) is 0. The van der Waals surface area contributed by atoms with E-state index in [0.29, 0.717) is 6.42 Å². The molecule has 0 bridgehead atoms. The molecule has 0 saturated carbocycles. The van der Waals surface area contributed by atoms with Crippen LogP contribution in [0.15, 0.2) is 24.3 Å². The first-order valence-corrected chi connectivity index (χ1v) is 5.52. The second kappa shape index (κ2) is 10.1. The number of hydrogen-bond donors (Lipinski definition) is 2. The van der Waals surface area contributed by atoms with Gasteiger partial charge in [-0.2, -0.15) is 0 Å². The van der Waals surface area contributed by atoms with Gasteiger partial charge in [-0.3, -0.25) is 25.2 Å². The molecule has 0 aliphatic heterocycles. The number of ether oxygens (including phenoxy) is 1. The number of hydrazine groups is 1. The summed E-state index contributed by atoms with van der Waals surface area (Å²) in [6.07, 6.45) is 7.83. The SMILES string of the molecule is C/C=C/C=C/CCC(=O)NNC(=O)CC(=O)OC. The van der Waals surface area contributed by atoms with Gasteiger partial charge in [0.1, 0.15) is 6.42 Å². The number of nitrogens with one attached hydrogen (secondary N) is 2. The third-order valence-electron chi connectivity index (χ3n) is 1.85. The van der Waals surface area contributed by atoms with Crippen molar-refractivity contribution in [1.82, 2.24) is 10.9 Å². The molecule has 0 aliphatic carbocycles. The van der Waals surface area contributed by atoms with E-state index >= 15 is 0 Å². The Balaban J connectivity index is 3.70. The van der Waals surface area contributed by atoms with Crippen molar-refractivity contribution in [2.45, 2.75) is 26.2 Å². The lowest BCUT2D eigenvalue weighted by molar-refractivity contribution is -0.144. The van der Waals surface area contributed by atoms with Crippen LogP contribution in [0.3, 0.4) is 0 Å². The zero-order valence-electron chi connectivity index (χ0n) is 10.6. The Morgan fingerprint density at radius 1 is 1.11 bits per heavy atom. The zero-order valence-corrected chi connectivity index (χ0v) is 10.6. The zero-order chi connectivity index (χ0) is 13.8. The average Bonchev–Trinajstić information content (AvgIpc) is 2.36. The molecule has 0 rings (SSSR count). The number of methoxy groups -OCH3 is 1. The standard InChI is InChI=1S/C12H18N2O4/c1-3-4-5-6-7-8-10(15)13-14-11(16)9-12(17)18-2/h3-6H,7-9H2,1-2H3,(H,13,15)(H,14,16)/b4-3+,6-5+. The summed E-state index contributed by atoms with van der Waals surface area (Å²) in [6.45, 7) is 1.90. The Labute approximate surface area is 106 Å². The Kier molecular flexibility index (Phi) is 8.89. The van der Waals surface area contributed by atoms with E-state index in [0.717, 1.165) is 0 Å². The number of carbonyl (C=O) groups is 3. The summed E-state index contributed by atoms with van der Waals surface area (Å²) >= 11 is 0. The Morgan fingerprint density at radius 3 is 2.39 bits per heavy atom. The van der Waals surface area contributed by atoms with E-state index in [1.54, 1.807) is 0 Å². The van der Waals surface area contributed by atoms with Gasteiger partial charge in [-0.1, -0.05) is 24.3 Å². The summed E-state index contributed by atoms with van der Waals surface area (Å²) in [7, 11) is 1.19. The molecule has 0 aromatic heterocycles. The number of rotatable bonds is 6. The van der Waals surface area contributed by atoms with Crippen LogP contribution >= 0.6 is 0 Å². The maximum Gasteiger partial charge on any atom is 0.315 e. The van der Waals surface area contributed by atoms with Crippen molar-refractivity contribution >= 4 is 17.8 Å². The van der Waals surface area contributed by atoms with Gasteiger partial charge >= 0.3 is 5.97 Å². The van der Waals surface area contributed by atoms with E-state index in [9.17, 15) is 14.4 Å². The van der Waals surface area contributed by atoms with E-state index in [2.05, 4.69) is 15.6 Å². The van der Waals surface area contributed by atoms with Crippen molar-refractivity contribution in [3.8, 4) is 0 Å². The van der Waals surface area contributed by atoms with Crippen LogP contribution in [0.4, 0.5) is 0 Å². The van der Waals surface area contributed by atoms with E-state index < -0.39 is 18.3 Å². The molecule has 0 spiro atoms. The molecule has 0 fully saturated rings. The minimum atomic E-state index is -0.656. The maximum absolute atomic E-state index is 11.2. The van der Waals surface area contributed by atoms with E-state index in [-0.39, 0.29) is 12.3 Å². The summed E-state index contributed by atoms with van der Waals surface area (Å²) in [5.41, 5.74) is 4.33. The molecule has 0 aliphatic rings. The molecule has 0 aromatic rings. The van der Waals surface area contributed by atoms with Gasteiger partial charge in [0.15, 0.2) is 0 Å². The fraction of sp³-hybridized carbons (Fsp3) is 0.417. The normalized spacial score (nSPS) is 10.6. The summed E-state index contributed by atoms with van der Waals surface area (Å²) in [5.74, 6) is -1.59. The monoisotopic (exact) mass is 254 g/mol. The second-order valence-corrected chi connectivity index (χ2v) is 3.34. The van der Waals surface area contributed by atoms with E-state index in [4.69, 9.17) is 0 Å². The predicted octanol–water partition coefficient (Wildman–Crippen LogP) is 0.609. The molecular formula is C12H18N2O4. The maximum atomic E-state index is 11.2. The Bertz CT molecular complexity index is 348. The highest BCUT2D eigenvalue weighted by Crippen LogP contribution is 1.91. The van der Waals surface area contributed by atoms with Crippen molar-refractivity contribution in [3.63, 3.8) is 0 Å². The minimum Gasteiger partial charge on any atom is -0.469 e. The third-order valence-corrected chi connectivity index (χ3v) is 1.85. The van der Waals surface area contributed by atoms with Gasteiger partial charge < -0.3 is 4.74 Å². The van der Waals surface area contributed by atoms with Gasteiger partial charge in [0.2, 0.25) is 11.8 Å². The van der Waals surface area contributed by atoms with Gasteiger partial charge in [0, 0.05) is 6.42 Å². The largest absolute Gasteiger partial charge is 0.469 e. The predicted molar refractivity (Wildman–Crippen MR) is 66.1 cm³/mol. The number of esters is 1. The van der Waals surface area contributed by atoms with Crippen LogP contribution in [-0.4, -0.2) is 24.9 Å². The summed E-state index contributed by atoms with van der Waals surface area (Å²) < 4.78 is 4.30. The molecular weight excluding hydrogens is 236 g/mol. The molecule has 6 nitrogen and oxygen atoms in total. The highest BCUT2D eigenvalue weighted by Gasteiger charge is 2.09. The second-order valence-electron chi connectivity index (χ2n) is 3.34. The minimum absolute atomic E-state index is 0.257. The number of hydrogen-bond acceptors (Lipinski definition) is 4. The molecule has 0 atom stereocenters. The van der Waals surface area contributed by atoms with Gasteiger partial charge in [0.25, 0.3) is 0 Å². The molecule has 0 saturated heterocycles. The first-order valence-electron chi connectivity index (χ1n) is 5.52. The van der Waals surface area contributed by atoms with Crippen LogP contribution < -0.4 is 10.9 Å². The van der Waals surface area contributed by atoms with Gasteiger partial charge in [0.05, 0.1) is 7.11 Å². The lowest BCUT2D eigenvalue weighted by atomic mass is 10.3. The topological polar surface area (TPSA) is 84.5 Å². The van der Waals surface area contributed by atoms with Crippen molar-refractivity contribution in [2.24, 2.45) is 0 Å². The van der Waals surface area contributed by atoms with Crippen LogP contribution in [0.5, 0.6) is 0 Å². The third kappa shape index (κ3) is 9.14. The molecule has 2 amide bonds. The average molecular weight is 254 g/mol. The number of carbonyl (C=O) groups excluding carboxylic acids is 3. The molecule has 0 heterocycles. The smallest absolute Gasteiger partial charge is 0.315 e. The first kappa shape index (κ1) is 15.9. The van der Waals surface area contributed by atoms with Crippen LogP contribution in [0.1, 0.15) is 26.2 Å². The van der Waals surface area contributed by atoms with Crippen LogP contribution in [0.2, 0.25) is 0 Å². The van der Waals surface area contributed by atoms with Gasteiger partial charge in [-0.25, -0.2) is 0 Å². The van der Waals surface area contributed by atoms with Crippen molar-refractivity contribution in [2.75, 3.05) is 7.11 Å². The highest BCUT2D eigenvalue weighted by atomic mass is 16.5. The van der Waals surface area contributed by atoms with Crippen LogP contribution in [-0.2, 0) is 19.1 Å². The Hall–Kier alpha value is -2.11. The molecule has 6 heteroatoms. The van der Waals surface area contributed by atoms with E-state index in [1.165, 1.54) is 7.11 Å². The quantitative estimate of drug-likeness (QED) is 0.315. The number of allylic oxidation sites excluding steroid dienone is 4. The lowest BCUT2D eigenvalue weighted by Crippen LogP contribution is -2.42. The van der Waals surface area contributed by atoms with Crippen molar-refractivity contribution < 1.29 is 19.1 Å². The molecule has 100 valence electrons. The Morgan fingerprint density at radius 2 is 1.78 bits per heavy atom. The molecule has 18 heavy (non-hydrogen) atoms. The van der Waals surface area contributed by atoms with Gasteiger partial charge in [-0.05, 0) is 13.3 Å². The van der Waals surface area contributed by atoms with E-state index in [1.807, 2.05) is 31.2 Å². The molecule has 0 unspecified atom stereocenters. The summed E-state index contributed by atoms with van der Waals surface area (Å²) in [4.78, 5) is 33.1. The van der Waals surface area contributed by atoms with Crippen molar-refractivity contribution in [3.05, 3.63) is 24.3 Å². The van der Waals surface area contributed by atoms with Gasteiger partial charge in [-0.15, -0.1) is 0 Å². The molecule has 0 aromatic carbocycles. The molecule has 2 N–H and O–H groups in total. The van der Waals surface area contributed by atoms with Crippen molar-refractivity contribution in [1.29, 1.82) is 0 Å². The van der Waals surface area contributed by atoms with Crippen LogP contribution in [0.25, 0.3) is 0 Å². The fourth-order valence-corrected chi connectivity index (χ4v) is 0.950. The first-order chi connectivity index (χ1) is 8.60. The van der Waals surface area contributed by atoms with Crippen LogP contribution in [0, 0.1) is 0 Å². The highest BCUT2D eigenvalue weighted by molar-refractivity contribution is 5.94. The lowest BCUT2D eigenvalue weighted by Gasteiger charge is -2.05.